The minimum absolute atomic E-state index is 0.0618. The SMILES string of the molecule is CN(C)c1ccc([N+](=O)[O-])cc1C(=O)OCc1cc(=O)n2ccccc2n1. The van der Waals surface area contributed by atoms with E-state index in [1.165, 1.54) is 28.7 Å². The predicted molar refractivity (Wildman–Crippen MR) is 98.0 cm³/mol. The number of non-ortho nitro benzene ring substituents is 1. The van der Waals surface area contributed by atoms with Crippen LogP contribution in [0, 0.1) is 10.1 Å². The highest BCUT2D eigenvalue weighted by atomic mass is 16.6. The molecule has 0 spiro atoms. The highest BCUT2D eigenvalue weighted by Crippen LogP contribution is 2.25. The molecule has 3 rings (SSSR count). The molecule has 3 aromatic rings. The molecule has 0 saturated carbocycles. The molecule has 0 amide bonds. The number of rotatable bonds is 5. The van der Waals surface area contributed by atoms with Gasteiger partial charge in [0.15, 0.2) is 0 Å². The first-order valence-electron chi connectivity index (χ1n) is 7.97. The molecular weight excluding hydrogens is 352 g/mol. The van der Waals surface area contributed by atoms with Gasteiger partial charge in [0.2, 0.25) is 0 Å². The average Bonchev–Trinajstić information content (AvgIpc) is 2.65. The number of fused-ring (bicyclic) bond motifs is 1. The molecule has 0 aliphatic rings. The quantitative estimate of drug-likeness (QED) is 0.385. The van der Waals surface area contributed by atoms with E-state index in [4.69, 9.17) is 4.74 Å². The van der Waals surface area contributed by atoms with E-state index < -0.39 is 10.9 Å². The Kier molecular flexibility index (Phi) is 4.84. The number of carbonyl (C=O) groups excluding carboxylic acids is 1. The topological polar surface area (TPSA) is 107 Å². The highest BCUT2D eigenvalue weighted by Gasteiger charge is 2.19. The van der Waals surface area contributed by atoms with Crippen LogP contribution in [-0.2, 0) is 11.3 Å². The summed E-state index contributed by atoms with van der Waals surface area (Å²) >= 11 is 0. The van der Waals surface area contributed by atoms with E-state index in [1.807, 2.05) is 0 Å². The van der Waals surface area contributed by atoms with Gasteiger partial charge in [-0.2, -0.15) is 0 Å². The lowest BCUT2D eigenvalue weighted by Gasteiger charge is -2.16. The van der Waals surface area contributed by atoms with Crippen molar-refractivity contribution in [3.63, 3.8) is 0 Å². The Morgan fingerprint density at radius 2 is 2.04 bits per heavy atom. The van der Waals surface area contributed by atoms with E-state index in [9.17, 15) is 19.7 Å². The van der Waals surface area contributed by atoms with Crippen molar-refractivity contribution >= 4 is 23.0 Å². The van der Waals surface area contributed by atoms with E-state index in [1.54, 1.807) is 43.4 Å². The maximum Gasteiger partial charge on any atom is 0.340 e. The number of carbonyl (C=O) groups is 1. The zero-order valence-corrected chi connectivity index (χ0v) is 14.7. The van der Waals surface area contributed by atoms with Crippen LogP contribution in [0.2, 0.25) is 0 Å². The molecule has 0 radical (unpaired) electrons. The van der Waals surface area contributed by atoms with E-state index in [-0.39, 0.29) is 29.1 Å². The molecule has 0 aliphatic carbocycles. The second kappa shape index (κ2) is 7.24. The van der Waals surface area contributed by atoms with Crippen molar-refractivity contribution < 1.29 is 14.5 Å². The van der Waals surface area contributed by atoms with Crippen molar-refractivity contribution in [3.05, 3.63) is 80.4 Å². The number of hydrogen-bond acceptors (Lipinski definition) is 7. The Bertz CT molecular complexity index is 1090. The summed E-state index contributed by atoms with van der Waals surface area (Å²) in [5.41, 5.74) is 0.756. The third kappa shape index (κ3) is 3.76. The lowest BCUT2D eigenvalue weighted by Crippen LogP contribution is -2.18. The molecule has 9 nitrogen and oxygen atoms in total. The van der Waals surface area contributed by atoms with Gasteiger partial charge in [-0.25, -0.2) is 9.78 Å². The lowest BCUT2D eigenvalue weighted by molar-refractivity contribution is -0.384. The number of hydrogen-bond donors (Lipinski definition) is 0. The molecule has 0 saturated heterocycles. The molecule has 138 valence electrons. The predicted octanol–water partition coefficient (Wildman–Crippen LogP) is 2.03. The second-order valence-electron chi connectivity index (χ2n) is 5.94. The van der Waals surface area contributed by atoms with Gasteiger partial charge in [0.1, 0.15) is 12.3 Å². The minimum atomic E-state index is -0.738. The fraction of sp³-hybridized carbons (Fsp3) is 0.167. The molecule has 0 bridgehead atoms. The summed E-state index contributed by atoms with van der Waals surface area (Å²) in [5.74, 6) is -0.738. The van der Waals surface area contributed by atoms with Gasteiger partial charge in [-0.05, 0) is 18.2 Å². The number of aromatic nitrogens is 2. The first kappa shape index (κ1) is 18.1. The van der Waals surface area contributed by atoms with Gasteiger partial charge in [-0.3, -0.25) is 19.3 Å². The molecular formula is C18H16N4O5. The smallest absolute Gasteiger partial charge is 0.340 e. The summed E-state index contributed by atoms with van der Waals surface area (Å²) in [4.78, 5) is 40.9. The molecule has 0 aliphatic heterocycles. The van der Waals surface area contributed by atoms with Crippen molar-refractivity contribution in [3.8, 4) is 0 Å². The monoisotopic (exact) mass is 368 g/mol. The summed E-state index contributed by atoms with van der Waals surface area (Å²) in [6, 6.07) is 10.4. The maximum absolute atomic E-state index is 12.5. The maximum atomic E-state index is 12.5. The van der Waals surface area contributed by atoms with Crippen LogP contribution in [0.5, 0.6) is 0 Å². The van der Waals surface area contributed by atoms with Crippen LogP contribution in [0.15, 0.2) is 53.5 Å². The highest BCUT2D eigenvalue weighted by molar-refractivity contribution is 5.96. The summed E-state index contributed by atoms with van der Waals surface area (Å²) in [6.07, 6.45) is 1.59. The number of nitrogens with zero attached hydrogens (tertiary/aromatic N) is 4. The van der Waals surface area contributed by atoms with Crippen LogP contribution in [0.25, 0.3) is 5.65 Å². The number of anilines is 1. The standard InChI is InChI=1S/C18H16N4O5/c1-20(2)15-7-6-13(22(25)26)10-14(15)18(24)27-11-12-9-17(23)21-8-4-3-5-16(21)19-12/h3-10H,11H2,1-2H3. The second-order valence-corrected chi connectivity index (χ2v) is 5.94. The number of pyridine rings is 1. The van der Waals surface area contributed by atoms with Crippen LogP contribution in [0.1, 0.15) is 16.1 Å². The molecule has 0 unspecified atom stereocenters. The van der Waals surface area contributed by atoms with Gasteiger partial charge in [0, 0.05) is 38.5 Å². The molecule has 2 aromatic heterocycles. The van der Waals surface area contributed by atoms with Crippen molar-refractivity contribution in [1.82, 2.24) is 9.38 Å². The normalized spacial score (nSPS) is 10.6. The summed E-state index contributed by atoms with van der Waals surface area (Å²) in [6.45, 7) is -0.227. The van der Waals surface area contributed by atoms with Crippen molar-refractivity contribution in [1.29, 1.82) is 0 Å². The van der Waals surface area contributed by atoms with Crippen LogP contribution in [-0.4, -0.2) is 34.4 Å². The van der Waals surface area contributed by atoms with Gasteiger partial charge >= 0.3 is 5.97 Å². The van der Waals surface area contributed by atoms with Crippen LogP contribution in [0.4, 0.5) is 11.4 Å². The molecule has 2 heterocycles. The molecule has 0 fully saturated rings. The number of esters is 1. The van der Waals surface area contributed by atoms with Gasteiger partial charge < -0.3 is 9.64 Å². The third-order valence-corrected chi connectivity index (χ3v) is 3.87. The fourth-order valence-corrected chi connectivity index (χ4v) is 2.59. The molecule has 27 heavy (non-hydrogen) atoms. The Morgan fingerprint density at radius 3 is 2.74 bits per heavy atom. The van der Waals surface area contributed by atoms with E-state index in [0.717, 1.165) is 0 Å². The largest absolute Gasteiger partial charge is 0.456 e. The van der Waals surface area contributed by atoms with E-state index in [2.05, 4.69) is 4.98 Å². The first-order chi connectivity index (χ1) is 12.9. The van der Waals surface area contributed by atoms with Crippen LogP contribution in [0.3, 0.4) is 0 Å². The van der Waals surface area contributed by atoms with Gasteiger partial charge in [0.05, 0.1) is 21.9 Å². The number of nitro groups is 1. The molecule has 0 N–H and O–H groups in total. The van der Waals surface area contributed by atoms with E-state index in [0.29, 0.717) is 11.3 Å². The van der Waals surface area contributed by atoms with Crippen molar-refractivity contribution in [2.75, 3.05) is 19.0 Å². The van der Waals surface area contributed by atoms with Gasteiger partial charge in [0.25, 0.3) is 11.2 Å². The summed E-state index contributed by atoms with van der Waals surface area (Å²) in [5, 5.41) is 11.0. The van der Waals surface area contributed by atoms with Crippen molar-refractivity contribution in [2.45, 2.75) is 6.61 Å². The zero-order valence-electron chi connectivity index (χ0n) is 14.7. The van der Waals surface area contributed by atoms with Gasteiger partial charge in [-0.15, -0.1) is 0 Å². The third-order valence-electron chi connectivity index (χ3n) is 3.87. The fourth-order valence-electron chi connectivity index (χ4n) is 2.59. The van der Waals surface area contributed by atoms with Gasteiger partial charge in [-0.1, -0.05) is 6.07 Å². The summed E-state index contributed by atoms with van der Waals surface area (Å²) < 4.78 is 6.62. The molecule has 1 aromatic carbocycles. The van der Waals surface area contributed by atoms with Crippen molar-refractivity contribution in [2.24, 2.45) is 0 Å². The van der Waals surface area contributed by atoms with Crippen LogP contribution < -0.4 is 10.5 Å². The summed E-state index contributed by atoms with van der Waals surface area (Å²) in [7, 11) is 3.42. The Balaban J connectivity index is 1.87. The Hall–Kier alpha value is -3.75. The molecule has 9 heteroatoms. The number of benzene rings is 1. The van der Waals surface area contributed by atoms with E-state index >= 15 is 0 Å². The Morgan fingerprint density at radius 1 is 1.26 bits per heavy atom. The first-order valence-corrected chi connectivity index (χ1v) is 7.97. The Labute approximate surface area is 153 Å². The molecule has 0 atom stereocenters. The zero-order chi connectivity index (χ0) is 19.6. The van der Waals surface area contributed by atoms with Crippen LogP contribution >= 0.6 is 0 Å². The average molecular weight is 368 g/mol. The minimum Gasteiger partial charge on any atom is -0.456 e. The lowest BCUT2D eigenvalue weighted by atomic mass is 10.1. The number of ether oxygens (including phenoxy) is 1. The number of nitro benzene ring substituents is 1.